The summed E-state index contributed by atoms with van der Waals surface area (Å²) in [4.78, 5) is 16.2. The molecule has 0 aliphatic carbocycles. The molecule has 0 unspecified atom stereocenters. The maximum atomic E-state index is 13.3. The van der Waals surface area contributed by atoms with Crippen LogP contribution in [0.5, 0.6) is 0 Å². The van der Waals surface area contributed by atoms with Gasteiger partial charge in [0, 0.05) is 24.3 Å². The topological polar surface area (TPSA) is 53.9 Å². The van der Waals surface area contributed by atoms with Crippen molar-refractivity contribution in [2.24, 2.45) is 0 Å². The van der Waals surface area contributed by atoms with E-state index in [2.05, 4.69) is 21.4 Å². The van der Waals surface area contributed by atoms with Crippen molar-refractivity contribution in [1.82, 2.24) is 20.3 Å². The van der Waals surface area contributed by atoms with E-state index in [0.29, 0.717) is 34.6 Å². The summed E-state index contributed by atoms with van der Waals surface area (Å²) in [6.07, 6.45) is 4.07. The lowest BCUT2D eigenvalue weighted by atomic mass is 9.91. The van der Waals surface area contributed by atoms with Gasteiger partial charge < -0.3 is 10.2 Å². The lowest BCUT2D eigenvalue weighted by molar-refractivity contribution is -0.137. The first-order valence-electron chi connectivity index (χ1n) is 12.0. The number of anilines is 1. The minimum atomic E-state index is -4.42. The number of hydrogen-bond acceptors (Lipinski definition) is 5. The number of pyridine rings is 1. The average Bonchev–Trinajstić information content (AvgIpc) is 3.07. The molecule has 2 aromatic heterocycles. The van der Waals surface area contributed by atoms with Crippen LogP contribution in [-0.4, -0.2) is 34.6 Å². The molecule has 1 aromatic carbocycles. The molecule has 2 aliphatic rings. The normalized spacial score (nSPS) is 17.2. The fraction of sp³-hybridized carbons (Fsp3) is 0.423. The van der Waals surface area contributed by atoms with Crippen molar-refractivity contribution in [3.63, 3.8) is 0 Å². The fourth-order valence-corrected chi connectivity index (χ4v) is 5.02. The maximum absolute atomic E-state index is 13.3. The van der Waals surface area contributed by atoms with Gasteiger partial charge >= 0.3 is 6.18 Å². The zero-order chi connectivity index (χ0) is 24.4. The number of piperidine rings is 1. The molecule has 5 nitrogen and oxygen atoms in total. The number of alkyl halides is 3. The van der Waals surface area contributed by atoms with Gasteiger partial charge in [0.25, 0.3) is 0 Å². The summed E-state index contributed by atoms with van der Waals surface area (Å²) in [5.41, 5.74) is 3.19. The zero-order valence-corrected chi connectivity index (χ0v) is 20.0. The van der Waals surface area contributed by atoms with E-state index in [1.165, 1.54) is 11.6 Å². The van der Waals surface area contributed by atoms with E-state index in [1.54, 1.807) is 6.20 Å². The van der Waals surface area contributed by atoms with Gasteiger partial charge in [0.2, 0.25) is 0 Å². The molecule has 3 aromatic rings. The summed E-state index contributed by atoms with van der Waals surface area (Å²) < 4.78 is 39.8. The van der Waals surface area contributed by atoms with Gasteiger partial charge in [0.15, 0.2) is 5.82 Å². The van der Waals surface area contributed by atoms with Gasteiger partial charge in [-0.1, -0.05) is 17.7 Å². The molecule has 0 amide bonds. The Morgan fingerprint density at radius 2 is 1.83 bits per heavy atom. The monoisotopic (exact) mass is 501 g/mol. The first-order chi connectivity index (χ1) is 16.9. The highest BCUT2D eigenvalue weighted by Gasteiger charge is 2.31. The highest BCUT2D eigenvalue weighted by molar-refractivity contribution is 6.31. The summed E-state index contributed by atoms with van der Waals surface area (Å²) >= 11 is 6.30. The number of rotatable bonds is 4. The molecule has 2 aliphatic heterocycles. The van der Waals surface area contributed by atoms with E-state index in [1.807, 2.05) is 17.2 Å². The Morgan fingerprint density at radius 1 is 1.00 bits per heavy atom. The Labute approximate surface area is 207 Å². The van der Waals surface area contributed by atoms with E-state index in [-0.39, 0.29) is 6.54 Å². The minimum Gasteiger partial charge on any atom is -0.351 e. The largest absolute Gasteiger partial charge is 0.416 e. The maximum Gasteiger partial charge on any atom is 0.416 e. The van der Waals surface area contributed by atoms with Crippen molar-refractivity contribution >= 4 is 17.4 Å². The molecule has 0 atom stereocenters. The number of benzene rings is 1. The zero-order valence-electron chi connectivity index (χ0n) is 19.3. The van der Waals surface area contributed by atoms with Crippen molar-refractivity contribution in [3.05, 3.63) is 70.1 Å². The number of fused-ring (bicyclic) bond motifs is 1. The van der Waals surface area contributed by atoms with Crippen LogP contribution in [0.2, 0.25) is 5.02 Å². The second-order valence-electron chi connectivity index (χ2n) is 9.21. The first-order valence-corrected chi connectivity index (χ1v) is 12.4. The van der Waals surface area contributed by atoms with Crippen LogP contribution >= 0.6 is 11.6 Å². The Bertz CT molecular complexity index is 1180. The molecule has 184 valence electrons. The van der Waals surface area contributed by atoms with Crippen LogP contribution in [0.25, 0.3) is 11.4 Å². The second kappa shape index (κ2) is 10.1. The molecular formula is C26H27ClF3N5. The number of nitrogens with one attached hydrogen (secondary N) is 1. The van der Waals surface area contributed by atoms with Crippen LogP contribution in [0.1, 0.15) is 54.0 Å². The molecule has 0 saturated carbocycles. The van der Waals surface area contributed by atoms with Gasteiger partial charge in [-0.15, -0.1) is 0 Å². The van der Waals surface area contributed by atoms with Gasteiger partial charge in [-0.05, 0) is 86.5 Å². The molecule has 1 N–H and O–H groups in total. The molecule has 5 rings (SSSR count). The van der Waals surface area contributed by atoms with E-state index in [4.69, 9.17) is 16.6 Å². The van der Waals surface area contributed by atoms with E-state index >= 15 is 0 Å². The van der Waals surface area contributed by atoms with Gasteiger partial charge in [-0.3, -0.25) is 9.97 Å². The number of halogens is 4. The first kappa shape index (κ1) is 24.0. The number of aromatic nitrogens is 3. The molecule has 0 radical (unpaired) electrons. The predicted octanol–water partition coefficient (Wildman–Crippen LogP) is 6.02. The van der Waals surface area contributed by atoms with Gasteiger partial charge in [-0.2, -0.15) is 13.2 Å². The number of aryl methyl sites for hydroxylation is 1. The Kier molecular flexibility index (Phi) is 6.93. The highest BCUT2D eigenvalue weighted by atomic mass is 35.5. The summed E-state index contributed by atoms with van der Waals surface area (Å²) in [6, 6.07) is 7.56. The third-order valence-corrected chi connectivity index (χ3v) is 7.18. The number of nitrogens with zero attached hydrogens (tertiary/aromatic N) is 4. The van der Waals surface area contributed by atoms with Crippen LogP contribution in [0.15, 0.2) is 42.7 Å². The lowest BCUT2D eigenvalue weighted by Crippen LogP contribution is -2.26. The van der Waals surface area contributed by atoms with Gasteiger partial charge in [-0.25, -0.2) is 4.98 Å². The third kappa shape index (κ3) is 5.43. The smallest absolute Gasteiger partial charge is 0.351 e. The summed E-state index contributed by atoms with van der Waals surface area (Å²) in [5.74, 6) is 1.21. The highest BCUT2D eigenvalue weighted by Crippen LogP contribution is 2.34. The van der Waals surface area contributed by atoms with Crippen LogP contribution < -0.4 is 10.2 Å². The summed E-state index contributed by atoms with van der Waals surface area (Å²) in [5, 5.41) is 3.69. The Balaban J connectivity index is 1.43. The molecular weight excluding hydrogens is 475 g/mol. The van der Waals surface area contributed by atoms with Crippen molar-refractivity contribution in [1.29, 1.82) is 0 Å². The Morgan fingerprint density at radius 3 is 2.57 bits per heavy atom. The number of hydrogen-bond donors (Lipinski definition) is 1. The second-order valence-corrected chi connectivity index (χ2v) is 9.62. The van der Waals surface area contributed by atoms with Crippen molar-refractivity contribution in [2.75, 3.05) is 24.5 Å². The third-order valence-electron chi connectivity index (χ3n) is 6.81. The summed E-state index contributed by atoms with van der Waals surface area (Å²) in [6.45, 7) is 2.94. The van der Waals surface area contributed by atoms with Gasteiger partial charge in [0.1, 0.15) is 5.69 Å². The molecule has 9 heteroatoms. The van der Waals surface area contributed by atoms with Crippen molar-refractivity contribution in [3.8, 4) is 11.4 Å². The summed E-state index contributed by atoms with van der Waals surface area (Å²) in [7, 11) is 0. The molecule has 35 heavy (non-hydrogen) atoms. The van der Waals surface area contributed by atoms with E-state index < -0.39 is 11.7 Å². The SMILES string of the molecule is FC(F)(F)c1ccc(Cl)c(CN2CCCCc3ncc(-c4ccc(C5CCNCC5)cn4)nc32)c1. The van der Waals surface area contributed by atoms with Crippen LogP contribution in [0, 0.1) is 0 Å². The fourth-order valence-electron chi connectivity index (χ4n) is 4.84. The van der Waals surface area contributed by atoms with Gasteiger partial charge in [0.05, 0.1) is 23.1 Å². The molecule has 0 bridgehead atoms. The molecule has 4 heterocycles. The van der Waals surface area contributed by atoms with Crippen LogP contribution in [0.4, 0.5) is 19.0 Å². The van der Waals surface area contributed by atoms with Crippen molar-refractivity contribution < 1.29 is 13.2 Å². The lowest BCUT2D eigenvalue weighted by Gasteiger charge is -2.25. The van der Waals surface area contributed by atoms with E-state index in [0.717, 1.165) is 68.7 Å². The molecule has 1 saturated heterocycles. The Hall–Kier alpha value is -2.71. The average molecular weight is 502 g/mol. The molecule has 1 fully saturated rings. The minimum absolute atomic E-state index is 0.232. The molecule has 0 spiro atoms. The predicted molar refractivity (Wildman–Crippen MR) is 131 cm³/mol. The quantitative estimate of drug-likeness (QED) is 0.473. The van der Waals surface area contributed by atoms with Crippen molar-refractivity contribution in [2.45, 2.75) is 50.7 Å². The standard InChI is InChI=1S/C26H27ClF3N5/c27-21-6-5-20(26(28,29)30)13-19(21)16-35-12-2-1-3-23-25(35)34-24(15-33-23)22-7-4-18(14-32-22)17-8-10-31-11-9-17/h4-7,13-15,17,31H,1-3,8-12,16H2. The van der Waals surface area contributed by atoms with Crippen LogP contribution in [-0.2, 0) is 19.1 Å². The van der Waals surface area contributed by atoms with Crippen LogP contribution in [0.3, 0.4) is 0 Å². The van der Waals surface area contributed by atoms with E-state index in [9.17, 15) is 13.2 Å².